The van der Waals surface area contributed by atoms with Crippen LogP contribution in [0.4, 0.5) is 5.69 Å². The molecule has 274 valence electrons. The zero-order valence-electron chi connectivity index (χ0n) is 32.1. The minimum absolute atomic E-state index is 0.430. The first-order valence-corrected chi connectivity index (χ1v) is 21.1. The second-order valence-corrected chi connectivity index (χ2v) is 16.7. The van der Waals surface area contributed by atoms with Crippen molar-refractivity contribution in [2.75, 3.05) is 0 Å². The number of rotatable bonds is 4. The van der Waals surface area contributed by atoms with Gasteiger partial charge in [-0.05, 0) is 105 Å². The van der Waals surface area contributed by atoms with Crippen molar-refractivity contribution in [1.82, 2.24) is 4.57 Å². The van der Waals surface area contributed by atoms with Gasteiger partial charge in [0.05, 0.1) is 27.8 Å². The van der Waals surface area contributed by atoms with Crippen LogP contribution in [0.2, 0.25) is 0 Å². The Labute approximate surface area is 342 Å². The van der Waals surface area contributed by atoms with Gasteiger partial charge in [-0.1, -0.05) is 164 Å². The summed E-state index contributed by atoms with van der Waals surface area (Å²) in [6.45, 7) is 2.28. The van der Waals surface area contributed by atoms with Crippen LogP contribution in [-0.2, 0) is 5.41 Å². The van der Waals surface area contributed by atoms with Gasteiger partial charge in [-0.15, -0.1) is 0 Å². The molecule has 0 N–H and O–H groups in total. The Kier molecular flexibility index (Phi) is 7.46. The number of para-hydroxylation sites is 2. The molecule has 0 atom stereocenters. The van der Waals surface area contributed by atoms with E-state index < -0.39 is 5.41 Å². The lowest BCUT2D eigenvalue weighted by Crippen LogP contribution is -2.31. The van der Waals surface area contributed by atoms with E-state index in [4.69, 9.17) is 4.99 Å². The van der Waals surface area contributed by atoms with Crippen molar-refractivity contribution in [3.63, 3.8) is 0 Å². The summed E-state index contributed by atoms with van der Waals surface area (Å²) in [4.78, 5) is 8.03. The topological polar surface area (TPSA) is 17.3 Å². The number of allylic oxidation sites excluding steroid dienone is 1. The maximum atomic E-state index is 5.39. The van der Waals surface area contributed by atoms with E-state index in [1.165, 1.54) is 87.3 Å². The summed E-state index contributed by atoms with van der Waals surface area (Å²) >= 11 is 1.89. The largest absolute Gasteiger partial charge is 0.309 e. The van der Waals surface area contributed by atoms with Gasteiger partial charge in [-0.25, -0.2) is 0 Å². The van der Waals surface area contributed by atoms with Gasteiger partial charge >= 0.3 is 0 Å². The molecule has 0 unspecified atom stereocenters. The number of aromatic nitrogens is 1. The van der Waals surface area contributed by atoms with E-state index in [9.17, 15) is 0 Å². The van der Waals surface area contributed by atoms with E-state index >= 15 is 0 Å². The summed E-state index contributed by atoms with van der Waals surface area (Å²) < 4.78 is 2.48. The van der Waals surface area contributed by atoms with Crippen LogP contribution >= 0.6 is 11.8 Å². The smallest absolute Gasteiger partial charge is 0.0736 e. The molecule has 2 aliphatic heterocycles. The average Bonchev–Trinajstić information content (AvgIpc) is 3.68. The molecule has 3 heteroatoms. The van der Waals surface area contributed by atoms with Gasteiger partial charge in [-0.2, -0.15) is 0 Å². The number of nitrogens with zero attached hydrogens (tertiary/aromatic N) is 2. The molecular weight excluding hydrogens is 721 g/mol. The Morgan fingerprint density at radius 1 is 0.517 bits per heavy atom. The van der Waals surface area contributed by atoms with Crippen LogP contribution in [-0.4, -0.2) is 10.3 Å². The molecule has 3 aliphatic rings. The molecule has 3 heterocycles. The van der Waals surface area contributed by atoms with E-state index in [0.717, 1.165) is 35.5 Å². The second-order valence-electron chi connectivity index (χ2n) is 15.7. The molecule has 1 aromatic heterocycles. The van der Waals surface area contributed by atoms with E-state index in [1.807, 2.05) is 11.8 Å². The fourth-order valence-electron chi connectivity index (χ4n) is 10.3. The van der Waals surface area contributed by atoms with Crippen molar-refractivity contribution in [2.45, 2.75) is 35.0 Å². The summed E-state index contributed by atoms with van der Waals surface area (Å²) in [5.41, 5.74) is 19.7. The molecule has 1 spiro atoms. The Balaban J connectivity index is 1.06. The highest BCUT2D eigenvalue weighted by Crippen LogP contribution is 2.62. The van der Waals surface area contributed by atoms with Gasteiger partial charge in [0.25, 0.3) is 0 Å². The summed E-state index contributed by atoms with van der Waals surface area (Å²) in [5, 5.41) is 2.53. The maximum Gasteiger partial charge on any atom is 0.0736 e. The number of benzene rings is 8. The molecule has 0 saturated carbocycles. The molecule has 0 saturated heterocycles. The molecular formula is C55H38N2S. The van der Waals surface area contributed by atoms with Gasteiger partial charge in [-0.3, -0.25) is 4.99 Å². The first-order valence-electron chi connectivity index (χ1n) is 20.3. The van der Waals surface area contributed by atoms with Gasteiger partial charge in [0.1, 0.15) is 0 Å². The molecule has 0 amide bonds. The van der Waals surface area contributed by atoms with Crippen molar-refractivity contribution in [3.8, 4) is 16.8 Å². The second kappa shape index (κ2) is 12.9. The predicted octanol–water partition coefficient (Wildman–Crippen LogP) is 14.3. The standard InChI is InChI=1S/C55H38N2S/c1-2-35-32-49(56-48-24-12-7-20-41(48)54(35)37-16-4-3-5-17-37)36-28-30-38(31-29-36)57-50-25-13-8-19-40(50)43-33-42-39-18-6-9-21-44(39)55(47(42)34-51(43)57)45-22-10-14-26-52(45)58-53-27-15-11-23-46(53)55/h3-31,33-34H,2,32H2,1H3. The minimum atomic E-state index is -0.430. The Bertz CT molecular complexity index is 3150. The Morgan fingerprint density at radius 3 is 1.91 bits per heavy atom. The molecule has 2 nitrogen and oxygen atoms in total. The van der Waals surface area contributed by atoms with Crippen LogP contribution in [0.1, 0.15) is 58.7 Å². The normalized spacial score (nSPS) is 14.7. The lowest BCUT2D eigenvalue weighted by molar-refractivity contribution is 0.723. The third kappa shape index (κ3) is 4.71. The van der Waals surface area contributed by atoms with E-state index in [1.54, 1.807) is 0 Å². The van der Waals surface area contributed by atoms with Crippen molar-refractivity contribution in [2.24, 2.45) is 4.99 Å². The highest BCUT2D eigenvalue weighted by Gasteiger charge is 2.50. The van der Waals surface area contributed by atoms with Crippen molar-refractivity contribution < 1.29 is 0 Å². The van der Waals surface area contributed by atoms with Crippen LogP contribution in [0.5, 0.6) is 0 Å². The van der Waals surface area contributed by atoms with Crippen LogP contribution in [0, 0.1) is 0 Å². The van der Waals surface area contributed by atoms with E-state index in [2.05, 4.69) is 200 Å². The number of hydrogen-bond acceptors (Lipinski definition) is 2. The highest BCUT2D eigenvalue weighted by atomic mass is 32.2. The number of aliphatic imine (C=N–C) groups is 1. The summed E-state index contributed by atoms with van der Waals surface area (Å²) in [7, 11) is 0. The number of hydrogen-bond donors (Lipinski definition) is 0. The van der Waals surface area contributed by atoms with Gasteiger partial charge in [0.2, 0.25) is 0 Å². The summed E-state index contributed by atoms with van der Waals surface area (Å²) in [6.07, 6.45) is 1.76. The minimum Gasteiger partial charge on any atom is -0.309 e. The molecule has 8 aromatic carbocycles. The van der Waals surface area contributed by atoms with Gasteiger partial charge < -0.3 is 4.57 Å². The lowest BCUT2D eigenvalue weighted by atomic mass is 9.67. The number of fused-ring (bicyclic) bond motifs is 13. The average molecular weight is 759 g/mol. The fourth-order valence-corrected chi connectivity index (χ4v) is 11.5. The predicted molar refractivity (Wildman–Crippen MR) is 242 cm³/mol. The molecule has 58 heavy (non-hydrogen) atoms. The van der Waals surface area contributed by atoms with Crippen molar-refractivity contribution in [1.29, 1.82) is 0 Å². The molecule has 1 aliphatic carbocycles. The van der Waals surface area contributed by atoms with Crippen LogP contribution in [0.3, 0.4) is 0 Å². The first-order chi connectivity index (χ1) is 28.7. The van der Waals surface area contributed by atoms with Crippen LogP contribution < -0.4 is 0 Å². The quantitative estimate of drug-likeness (QED) is 0.175. The summed E-state index contributed by atoms with van der Waals surface area (Å²) in [5.74, 6) is 0. The van der Waals surface area contributed by atoms with Gasteiger partial charge in [0, 0.05) is 38.2 Å². The zero-order valence-corrected chi connectivity index (χ0v) is 32.9. The molecule has 12 rings (SSSR count). The fraction of sp³-hybridized carbons (Fsp3) is 0.0727. The molecule has 0 fully saturated rings. The SMILES string of the molecule is CCC1=C(c2ccccc2)c2ccccc2N=C(c2ccc(-n3c4ccccc4c4cc5c(cc43)C3(c4ccccc4Sc4ccccc43)c3ccccc3-5)cc2)C1. The Morgan fingerprint density at radius 2 is 1.16 bits per heavy atom. The van der Waals surface area contributed by atoms with Crippen molar-refractivity contribution >= 4 is 50.5 Å². The third-order valence-electron chi connectivity index (χ3n) is 12.8. The molecule has 0 radical (unpaired) electrons. The Hall–Kier alpha value is -6.68. The van der Waals surface area contributed by atoms with Crippen LogP contribution in [0.25, 0.3) is 44.2 Å². The maximum absolute atomic E-state index is 5.39. The monoisotopic (exact) mass is 758 g/mol. The van der Waals surface area contributed by atoms with Gasteiger partial charge in [0.15, 0.2) is 0 Å². The van der Waals surface area contributed by atoms with E-state index in [-0.39, 0.29) is 0 Å². The zero-order chi connectivity index (χ0) is 38.4. The first kappa shape index (κ1) is 33.5. The van der Waals surface area contributed by atoms with E-state index in [0.29, 0.717) is 0 Å². The summed E-state index contributed by atoms with van der Waals surface area (Å²) in [6, 6.07) is 69.8. The highest BCUT2D eigenvalue weighted by molar-refractivity contribution is 7.99. The van der Waals surface area contributed by atoms with Crippen LogP contribution in [0.15, 0.2) is 208 Å². The van der Waals surface area contributed by atoms with Crippen molar-refractivity contribution in [3.05, 3.63) is 233 Å². The molecule has 0 bridgehead atoms. The molecule has 9 aromatic rings. The third-order valence-corrected chi connectivity index (χ3v) is 13.9. The lowest BCUT2D eigenvalue weighted by Gasteiger charge is -2.39.